The molecule has 1 aromatic carbocycles. The molecular weight excluding hydrogens is 245 g/mol. The van der Waals surface area contributed by atoms with Gasteiger partial charge in [0.1, 0.15) is 10.7 Å². The molecule has 17 heavy (non-hydrogen) atoms. The first kappa shape index (κ1) is 13.9. The van der Waals surface area contributed by atoms with Gasteiger partial charge in [0.25, 0.3) is 0 Å². The van der Waals surface area contributed by atoms with Crippen molar-refractivity contribution in [1.29, 1.82) is 0 Å². The fourth-order valence-corrected chi connectivity index (χ4v) is 1.64. The zero-order chi connectivity index (χ0) is 13.2. The standard InChI is InChI=1S/C11H17ClFN3O/c1-6(2)5-16(17-3)11-8(15)4-7(14)9(12)10(11)13/h4,6H,5,14-15H2,1-3H3. The van der Waals surface area contributed by atoms with Crippen LogP contribution in [0.5, 0.6) is 0 Å². The Morgan fingerprint density at radius 3 is 2.47 bits per heavy atom. The lowest BCUT2D eigenvalue weighted by molar-refractivity contribution is 0.156. The first-order chi connectivity index (χ1) is 7.88. The molecule has 0 unspecified atom stereocenters. The number of nitrogens with two attached hydrogens (primary N) is 2. The summed E-state index contributed by atoms with van der Waals surface area (Å²) >= 11 is 5.75. The second-order valence-corrected chi connectivity index (χ2v) is 4.55. The van der Waals surface area contributed by atoms with Gasteiger partial charge in [0.2, 0.25) is 0 Å². The van der Waals surface area contributed by atoms with E-state index in [-0.39, 0.29) is 28.0 Å². The minimum atomic E-state index is -0.660. The molecule has 0 heterocycles. The number of halogens is 2. The summed E-state index contributed by atoms with van der Waals surface area (Å²) in [4.78, 5) is 5.12. The normalized spacial score (nSPS) is 10.9. The second-order valence-electron chi connectivity index (χ2n) is 4.17. The zero-order valence-corrected chi connectivity index (χ0v) is 10.9. The van der Waals surface area contributed by atoms with Crippen LogP contribution in [0.4, 0.5) is 21.5 Å². The van der Waals surface area contributed by atoms with Crippen LogP contribution in [0.2, 0.25) is 5.02 Å². The van der Waals surface area contributed by atoms with E-state index in [1.807, 2.05) is 13.8 Å². The molecule has 0 atom stereocenters. The summed E-state index contributed by atoms with van der Waals surface area (Å²) in [5.41, 5.74) is 11.7. The predicted molar refractivity (Wildman–Crippen MR) is 69.4 cm³/mol. The van der Waals surface area contributed by atoms with E-state index in [1.54, 1.807) is 0 Å². The van der Waals surface area contributed by atoms with Crippen LogP contribution in [0, 0.1) is 11.7 Å². The van der Waals surface area contributed by atoms with E-state index >= 15 is 0 Å². The van der Waals surface area contributed by atoms with Crippen molar-refractivity contribution in [3.63, 3.8) is 0 Å². The summed E-state index contributed by atoms with van der Waals surface area (Å²) in [6, 6.07) is 1.42. The summed E-state index contributed by atoms with van der Waals surface area (Å²) in [7, 11) is 1.45. The molecular formula is C11H17ClFN3O. The monoisotopic (exact) mass is 261 g/mol. The summed E-state index contributed by atoms with van der Waals surface area (Å²) in [6.45, 7) is 4.47. The van der Waals surface area contributed by atoms with E-state index in [4.69, 9.17) is 27.9 Å². The average molecular weight is 262 g/mol. The lowest BCUT2D eigenvalue weighted by atomic mass is 10.2. The summed E-state index contributed by atoms with van der Waals surface area (Å²) in [5.74, 6) is -0.378. The molecule has 6 heteroatoms. The van der Waals surface area contributed by atoms with Crippen molar-refractivity contribution in [2.75, 3.05) is 30.2 Å². The quantitative estimate of drug-likeness (QED) is 0.646. The molecule has 0 saturated carbocycles. The van der Waals surface area contributed by atoms with Crippen molar-refractivity contribution in [2.24, 2.45) is 5.92 Å². The maximum absolute atomic E-state index is 14.0. The molecule has 0 radical (unpaired) electrons. The van der Waals surface area contributed by atoms with E-state index in [2.05, 4.69) is 0 Å². The molecule has 96 valence electrons. The smallest absolute Gasteiger partial charge is 0.171 e. The zero-order valence-electron chi connectivity index (χ0n) is 10.1. The number of rotatable bonds is 4. The van der Waals surface area contributed by atoms with Gasteiger partial charge in [-0.3, -0.25) is 4.84 Å². The third-order valence-corrected chi connectivity index (χ3v) is 2.62. The Hall–Kier alpha value is -1.20. The summed E-state index contributed by atoms with van der Waals surface area (Å²) in [6.07, 6.45) is 0. The molecule has 0 aliphatic rings. The van der Waals surface area contributed by atoms with Gasteiger partial charge in [0, 0.05) is 6.54 Å². The molecule has 0 aliphatic carbocycles. The predicted octanol–water partition coefficient (Wildman–Crippen LogP) is 2.67. The highest BCUT2D eigenvalue weighted by molar-refractivity contribution is 6.33. The third-order valence-electron chi connectivity index (χ3n) is 2.24. The van der Waals surface area contributed by atoms with Crippen LogP contribution in [-0.2, 0) is 4.84 Å². The SMILES string of the molecule is CON(CC(C)C)c1c(N)cc(N)c(Cl)c1F. The Kier molecular flexibility index (Phi) is 4.42. The molecule has 0 amide bonds. The van der Waals surface area contributed by atoms with Gasteiger partial charge in [-0.25, -0.2) is 9.45 Å². The lowest BCUT2D eigenvalue weighted by Gasteiger charge is -2.26. The molecule has 0 fully saturated rings. The second kappa shape index (κ2) is 5.42. The number of nitrogen functional groups attached to an aromatic ring is 2. The van der Waals surface area contributed by atoms with Crippen molar-refractivity contribution in [3.05, 3.63) is 16.9 Å². The fraction of sp³-hybridized carbons (Fsp3) is 0.455. The van der Waals surface area contributed by atoms with Gasteiger partial charge >= 0.3 is 0 Å². The van der Waals surface area contributed by atoms with Gasteiger partial charge in [-0.15, -0.1) is 0 Å². The maximum atomic E-state index is 14.0. The number of hydroxylamine groups is 1. The van der Waals surface area contributed by atoms with Crippen LogP contribution in [0.1, 0.15) is 13.8 Å². The van der Waals surface area contributed by atoms with Crippen LogP contribution in [0.3, 0.4) is 0 Å². The topological polar surface area (TPSA) is 64.5 Å². The van der Waals surface area contributed by atoms with E-state index in [1.165, 1.54) is 18.2 Å². The molecule has 0 bridgehead atoms. The van der Waals surface area contributed by atoms with Crippen molar-refractivity contribution < 1.29 is 9.23 Å². The van der Waals surface area contributed by atoms with Crippen LogP contribution in [-0.4, -0.2) is 13.7 Å². The molecule has 0 spiro atoms. The largest absolute Gasteiger partial charge is 0.397 e. The molecule has 0 aromatic heterocycles. The fourth-order valence-electron chi connectivity index (χ4n) is 1.50. The average Bonchev–Trinajstić information content (AvgIpc) is 2.24. The highest BCUT2D eigenvalue weighted by atomic mass is 35.5. The number of nitrogens with zero attached hydrogens (tertiary/aromatic N) is 1. The van der Waals surface area contributed by atoms with Crippen molar-refractivity contribution in [2.45, 2.75) is 13.8 Å². The Bertz CT molecular complexity index is 412. The number of hydrogen-bond acceptors (Lipinski definition) is 4. The Morgan fingerprint density at radius 2 is 2.00 bits per heavy atom. The van der Waals surface area contributed by atoms with Gasteiger partial charge in [0.15, 0.2) is 5.82 Å². The van der Waals surface area contributed by atoms with Gasteiger partial charge in [-0.2, -0.15) is 0 Å². The van der Waals surface area contributed by atoms with E-state index in [0.717, 1.165) is 0 Å². The molecule has 0 saturated heterocycles. The molecule has 0 aliphatic heterocycles. The first-order valence-corrected chi connectivity index (χ1v) is 5.60. The number of anilines is 3. The van der Waals surface area contributed by atoms with E-state index < -0.39 is 5.82 Å². The van der Waals surface area contributed by atoms with Gasteiger partial charge in [0.05, 0.1) is 18.5 Å². The summed E-state index contributed by atoms with van der Waals surface area (Å²) in [5, 5.41) is 1.24. The molecule has 4 nitrogen and oxygen atoms in total. The minimum absolute atomic E-state index is 0.117. The first-order valence-electron chi connectivity index (χ1n) is 5.23. The third kappa shape index (κ3) is 2.92. The number of hydrogen-bond donors (Lipinski definition) is 2. The lowest BCUT2D eigenvalue weighted by Crippen LogP contribution is -2.28. The van der Waals surface area contributed by atoms with Crippen LogP contribution in [0.25, 0.3) is 0 Å². The van der Waals surface area contributed by atoms with Crippen molar-refractivity contribution in [3.8, 4) is 0 Å². The Labute approximate surface area is 105 Å². The van der Waals surface area contributed by atoms with Crippen LogP contribution < -0.4 is 16.5 Å². The highest BCUT2D eigenvalue weighted by Crippen LogP contribution is 2.36. The van der Waals surface area contributed by atoms with Crippen LogP contribution >= 0.6 is 11.6 Å². The minimum Gasteiger partial charge on any atom is -0.397 e. The van der Waals surface area contributed by atoms with E-state index in [9.17, 15) is 4.39 Å². The van der Waals surface area contributed by atoms with Gasteiger partial charge < -0.3 is 11.5 Å². The van der Waals surface area contributed by atoms with Crippen molar-refractivity contribution >= 4 is 28.7 Å². The van der Waals surface area contributed by atoms with E-state index in [0.29, 0.717) is 6.54 Å². The van der Waals surface area contributed by atoms with Crippen molar-refractivity contribution in [1.82, 2.24) is 0 Å². The Balaban J connectivity index is 3.24. The maximum Gasteiger partial charge on any atom is 0.171 e. The van der Waals surface area contributed by atoms with Crippen LogP contribution in [0.15, 0.2) is 6.07 Å². The van der Waals surface area contributed by atoms with Gasteiger partial charge in [-0.05, 0) is 12.0 Å². The molecule has 1 rings (SSSR count). The summed E-state index contributed by atoms with van der Waals surface area (Å²) < 4.78 is 14.0. The van der Waals surface area contributed by atoms with Gasteiger partial charge in [-0.1, -0.05) is 25.4 Å². The highest BCUT2D eigenvalue weighted by Gasteiger charge is 2.20. The Morgan fingerprint density at radius 1 is 1.41 bits per heavy atom. The molecule has 4 N–H and O–H groups in total. The molecule has 1 aromatic rings. The number of benzene rings is 1.